The maximum Gasteiger partial charge on any atom is 0.289 e. The molecule has 5 rings (SSSR count). The summed E-state index contributed by atoms with van der Waals surface area (Å²) in [7, 11) is 1.94. The lowest BCUT2D eigenvalue weighted by molar-refractivity contribution is -0.0497. The van der Waals surface area contributed by atoms with Gasteiger partial charge in [0.05, 0.1) is 0 Å². The zero-order valence-corrected chi connectivity index (χ0v) is 11.9. The van der Waals surface area contributed by atoms with Crippen molar-refractivity contribution in [2.24, 2.45) is 23.7 Å². The van der Waals surface area contributed by atoms with Crippen LogP contribution in [0.25, 0.3) is 0 Å². The number of hydrogen-bond acceptors (Lipinski definition) is 3. The Labute approximate surface area is 119 Å². The number of nitrogens with two attached hydrogens (primary N) is 1. The van der Waals surface area contributed by atoms with E-state index in [1.54, 1.807) is 12.1 Å². The molecule has 0 unspecified atom stereocenters. The molecule has 4 saturated carbocycles. The van der Waals surface area contributed by atoms with E-state index in [9.17, 15) is 4.79 Å². The molecule has 4 fully saturated rings. The Bertz CT molecular complexity index is 508. The Kier molecular flexibility index (Phi) is 2.63. The van der Waals surface area contributed by atoms with E-state index in [1.165, 1.54) is 32.1 Å². The van der Waals surface area contributed by atoms with E-state index < -0.39 is 0 Å². The first-order valence-corrected chi connectivity index (χ1v) is 7.74. The highest BCUT2D eigenvalue weighted by molar-refractivity contribution is 5.92. The molecule has 108 valence electrons. The molecule has 0 aromatic carbocycles. The Balaban J connectivity index is 1.56. The van der Waals surface area contributed by atoms with Crippen LogP contribution in [0.4, 0.5) is 5.88 Å². The fraction of sp³-hybridized carbons (Fsp3) is 0.688. The van der Waals surface area contributed by atoms with Gasteiger partial charge in [0.2, 0.25) is 0 Å². The maximum absolute atomic E-state index is 12.6. The molecule has 4 aliphatic carbocycles. The number of carbonyl (C=O) groups is 1. The first-order valence-electron chi connectivity index (χ1n) is 7.74. The van der Waals surface area contributed by atoms with Crippen molar-refractivity contribution < 1.29 is 9.21 Å². The zero-order chi connectivity index (χ0) is 13.9. The van der Waals surface area contributed by atoms with Gasteiger partial charge < -0.3 is 15.1 Å². The van der Waals surface area contributed by atoms with Gasteiger partial charge in [-0.2, -0.15) is 0 Å². The summed E-state index contributed by atoms with van der Waals surface area (Å²) < 4.78 is 5.30. The molecular formula is C16H22N2O2. The lowest BCUT2D eigenvalue weighted by atomic mass is 9.54. The fourth-order valence-corrected chi connectivity index (χ4v) is 5.31. The van der Waals surface area contributed by atoms with Crippen molar-refractivity contribution in [2.75, 3.05) is 12.8 Å². The van der Waals surface area contributed by atoms with Gasteiger partial charge in [-0.3, -0.25) is 4.79 Å². The predicted octanol–water partition coefficient (Wildman–Crippen LogP) is 2.76. The molecule has 4 heteroatoms. The van der Waals surface area contributed by atoms with Gasteiger partial charge in [-0.05, 0) is 61.8 Å². The van der Waals surface area contributed by atoms with Gasteiger partial charge in [0, 0.05) is 19.2 Å². The number of nitrogen functional groups attached to an aromatic ring is 1. The molecular weight excluding hydrogens is 252 g/mol. The first-order chi connectivity index (χ1) is 9.61. The molecule has 0 aliphatic heterocycles. The van der Waals surface area contributed by atoms with Gasteiger partial charge in [0.1, 0.15) is 0 Å². The van der Waals surface area contributed by atoms with Crippen LogP contribution < -0.4 is 5.73 Å². The summed E-state index contributed by atoms with van der Waals surface area (Å²) in [6.07, 6.45) is 6.70. The molecule has 0 radical (unpaired) electrons. The van der Waals surface area contributed by atoms with Gasteiger partial charge in [-0.25, -0.2) is 0 Å². The number of amides is 1. The van der Waals surface area contributed by atoms with E-state index in [2.05, 4.69) is 0 Å². The molecule has 1 aromatic heterocycles. The topological polar surface area (TPSA) is 59.5 Å². The molecule has 0 atom stereocenters. The highest BCUT2D eigenvalue weighted by Crippen LogP contribution is 2.55. The summed E-state index contributed by atoms with van der Waals surface area (Å²) in [5.74, 6) is 3.93. The minimum Gasteiger partial charge on any atom is -0.436 e. The van der Waals surface area contributed by atoms with Crippen LogP contribution in [-0.4, -0.2) is 23.9 Å². The second kappa shape index (κ2) is 4.27. The van der Waals surface area contributed by atoms with Gasteiger partial charge >= 0.3 is 0 Å². The maximum atomic E-state index is 12.6. The number of anilines is 1. The van der Waals surface area contributed by atoms with Crippen LogP contribution in [0.15, 0.2) is 16.5 Å². The Morgan fingerprint density at radius 3 is 2.25 bits per heavy atom. The van der Waals surface area contributed by atoms with Gasteiger partial charge in [0.15, 0.2) is 11.6 Å². The number of nitrogens with zero attached hydrogens (tertiary/aromatic N) is 1. The molecule has 4 aliphatic rings. The van der Waals surface area contributed by atoms with Crippen molar-refractivity contribution in [3.8, 4) is 0 Å². The van der Waals surface area contributed by atoms with Crippen LogP contribution in [0, 0.1) is 23.7 Å². The van der Waals surface area contributed by atoms with Crippen molar-refractivity contribution in [3.63, 3.8) is 0 Å². The third kappa shape index (κ3) is 1.77. The molecule has 1 aromatic rings. The van der Waals surface area contributed by atoms with Crippen LogP contribution >= 0.6 is 0 Å². The van der Waals surface area contributed by atoms with E-state index in [0.717, 1.165) is 11.8 Å². The van der Waals surface area contributed by atoms with Gasteiger partial charge in [0.25, 0.3) is 5.91 Å². The predicted molar refractivity (Wildman–Crippen MR) is 76.0 cm³/mol. The molecule has 0 spiro atoms. The van der Waals surface area contributed by atoms with Crippen molar-refractivity contribution in [2.45, 2.75) is 38.1 Å². The minimum absolute atomic E-state index is 0.0147. The summed E-state index contributed by atoms with van der Waals surface area (Å²) in [4.78, 5) is 14.5. The molecule has 0 saturated heterocycles. The third-order valence-corrected chi connectivity index (χ3v) is 5.78. The first kappa shape index (κ1) is 12.3. The average Bonchev–Trinajstić information content (AvgIpc) is 2.83. The second-order valence-electron chi connectivity index (χ2n) is 7.04. The number of rotatable bonds is 2. The fourth-order valence-electron chi connectivity index (χ4n) is 5.31. The lowest BCUT2D eigenvalue weighted by Gasteiger charge is -2.56. The quantitative estimate of drug-likeness (QED) is 0.902. The molecule has 20 heavy (non-hydrogen) atoms. The summed E-state index contributed by atoms with van der Waals surface area (Å²) in [6, 6.07) is 3.74. The standard InChI is InChI=1S/C16H22N2O2/c1-18(16(19)13-2-3-14(17)20-13)15-11-5-9-4-10(7-11)8-12(15)6-9/h2-3,9-12,15H,4-8,17H2,1H3. The van der Waals surface area contributed by atoms with Crippen molar-refractivity contribution in [1.82, 2.24) is 4.90 Å². The SMILES string of the molecule is CN(C(=O)c1ccc(N)o1)C1C2CC3CC(C2)CC1C3. The van der Waals surface area contributed by atoms with Gasteiger partial charge in [-0.15, -0.1) is 0 Å². The molecule has 4 bridgehead atoms. The molecule has 4 nitrogen and oxygen atoms in total. The minimum atomic E-state index is -0.0147. The smallest absolute Gasteiger partial charge is 0.289 e. The molecule has 1 amide bonds. The number of carbonyl (C=O) groups excluding carboxylic acids is 1. The van der Waals surface area contributed by atoms with Crippen LogP contribution in [0.1, 0.15) is 42.7 Å². The monoisotopic (exact) mass is 274 g/mol. The summed E-state index contributed by atoms with van der Waals surface area (Å²) in [5, 5.41) is 0. The van der Waals surface area contributed by atoms with Crippen LogP contribution in [0.2, 0.25) is 0 Å². The number of hydrogen-bond donors (Lipinski definition) is 1. The van der Waals surface area contributed by atoms with E-state index >= 15 is 0 Å². The van der Waals surface area contributed by atoms with Crippen LogP contribution in [0.3, 0.4) is 0 Å². The third-order valence-electron chi connectivity index (χ3n) is 5.78. The van der Waals surface area contributed by atoms with E-state index in [0.29, 0.717) is 29.5 Å². The zero-order valence-electron chi connectivity index (χ0n) is 11.9. The highest BCUT2D eigenvalue weighted by Gasteiger charge is 2.50. The highest BCUT2D eigenvalue weighted by atomic mass is 16.4. The average molecular weight is 274 g/mol. The molecule has 1 heterocycles. The normalized spacial score (nSPS) is 38.1. The van der Waals surface area contributed by atoms with E-state index in [4.69, 9.17) is 10.2 Å². The Morgan fingerprint density at radius 1 is 1.15 bits per heavy atom. The summed E-state index contributed by atoms with van der Waals surface area (Å²) >= 11 is 0. The largest absolute Gasteiger partial charge is 0.436 e. The van der Waals surface area contributed by atoms with E-state index in [-0.39, 0.29) is 5.91 Å². The Morgan fingerprint density at radius 2 is 1.75 bits per heavy atom. The summed E-state index contributed by atoms with van der Waals surface area (Å²) in [5.41, 5.74) is 5.57. The summed E-state index contributed by atoms with van der Waals surface area (Å²) in [6.45, 7) is 0. The van der Waals surface area contributed by atoms with Crippen molar-refractivity contribution >= 4 is 11.8 Å². The number of furan rings is 1. The van der Waals surface area contributed by atoms with Crippen molar-refractivity contribution in [3.05, 3.63) is 17.9 Å². The molecule has 2 N–H and O–H groups in total. The van der Waals surface area contributed by atoms with E-state index in [1.807, 2.05) is 11.9 Å². The lowest BCUT2D eigenvalue weighted by Crippen LogP contribution is -2.56. The van der Waals surface area contributed by atoms with Crippen molar-refractivity contribution in [1.29, 1.82) is 0 Å². The second-order valence-corrected chi connectivity index (χ2v) is 7.04. The Hall–Kier alpha value is -1.45. The van der Waals surface area contributed by atoms with Crippen LogP contribution in [-0.2, 0) is 0 Å². The van der Waals surface area contributed by atoms with Crippen LogP contribution in [0.5, 0.6) is 0 Å². The van der Waals surface area contributed by atoms with Gasteiger partial charge in [-0.1, -0.05) is 0 Å².